The maximum Gasteiger partial charge on any atom is 0.255 e. The molecule has 0 spiro atoms. The first-order valence-corrected chi connectivity index (χ1v) is 10.7. The van der Waals surface area contributed by atoms with Crippen LogP contribution in [0.3, 0.4) is 0 Å². The van der Waals surface area contributed by atoms with Crippen molar-refractivity contribution in [3.63, 3.8) is 0 Å². The molecule has 146 valence electrons. The van der Waals surface area contributed by atoms with E-state index >= 15 is 0 Å². The van der Waals surface area contributed by atoms with Crippen LogP contribution in [0.4, 0.5) is 0 Å². The molecule has 4 heterocycles. The molecule has 0 saturated carbocycles. The van der Waals surface area contributed by atoms with Gasteiger partial charge in [0.25, 0.3) is 5.91 Å². The second-order valence-corrected chi connectivity index (χ2v) is 8.53. The molecule has 1 N–H and O–H groups in total. The molecule has 3 aliphatic rings. The zero-order valence-electron chi connectivity index (χ0n) is 16.3. The van der Waals surface area contributed by atoms with Crippen LogP contribution < -0.4 is 5.32 Å². The maximum absolute atomic E-state index is 13.1. The van der Waals surface area contributed by atoms with Crippen molar-refractivity contribution >= 4 is 33.0 Å². The summed E-state index contributed by atoms with van der Waals surface area (Å²) >= 11 is 1.68. The minimum Gasteiger partial charge on any atom is -0.368 e. The summed E-state index contributed by atoms with van der Waals surface area (Å²) < 4.78 is 1.14. The predicted molar refractivity (Wildman–Crippen MR) is 118 cm³/mol. The Labute approximate surface area is 174 Å². The number of rotatable bonds is 2. The summed E-state index contributed by atoms with van der Waals surface area (Å²) in [6.45, 7) is 5.85. The molecule has 0 aliphatic carbocycles. The molecule has 0 radical (unpaired) electrons. The number of hydrogen-bond donors (Lipinski definition) is 1. The predicted octanol–water partition coefficient (Wildman–Crippen LogP) is 3.59. The van der Waals surface area contributed by atoms with Gasteiger partial charge in [-0.05, 0) is 48.4 Å². The first-order chi connectivity index (χ1) is 14.2. The van der Waals surface area contributed by atoms with Crippen LogP contribution in [0.2, 0.25) is 0 Å². The Hall–Kier alpha value is -2.96. The number of nitrogens with one attached hydrogen (secondary N) is 1. The molecular weight excluding hydrogens is 380 g/mol. The number of piperazine rings is 1. The van der Waals surface area contributed by atoms with E-state index in [2.05, 4.69) is 27.3 Å². The van der Waals surface area contributed by atoms with E-state index in [9.17, 15) is 4.79 Å². The Morgan fingerprint density at radius 3 is 2.79 bits per heavy atom. The molecule has 5 rings (SSSR count). The molecule has 1 amide bonds. The summed E-state index contributed by atoms with van der Waals surface area (Å²) in [4.78, 5) is 21.7. The number of carbonyl (C=O) groups is 1. The van der Waals surface area contributed by atoms with E-state index in [0.717, 1.165) is 63.9 Å². The fourth-order valence-corrected chi connectivity index (χ4v) is 4.70. The molecule has 6 heteroatoms. The van der Waals surface area contributed by atoms with Gasteiger partial charge in [0.15, 0.2) is 0 Å². The summed E-state index contributed by atoms with van der Waals surface area (Å²) in [5, 5.41) is 4.42. The van der Waals surface area contributed by atoms with E-state index in [0.29, 0.717) is 0 Å². The molecule has 1 fully saturated rings. The van der Waals surface area contributed by atoms with Gasteiger partial charge in [-0.2, -0.15) is 0 Å². The first-order valence-electron chi connectivity index (χ1n) is 9.84. The van der Waals surface area contributed by atoms with Crippen LogP contribution in [0.1, 0.15) is 10.6 Å². The van der Waals surface area contributed by atoms with Crippen LogP contribution in [0, 0.1) is 6.92 Å². The summed E-state index contributed by atoms with van der Waals surface area (Å²) in [6, 6.07) is 6.18. The second kappa shape index (κ2) is 7.46. The van der Waals surface area contributed by atoms with Crippen molar-refractivity contribution in [3.8, 4) is 0 Å². The lowest BCUT2D eigenvalue weighted by molar-refractivity contribution is -0.122. The number of aromatic nitrogens is 1. The quantitative estimate of drug-likeness (QED) is 0.834. The minimum atomic E-state index is -0.0341. The molecule has 2 aromatic rings. The van der Waals surface area contributed by atoms with Gasteiger partial charge in [0.2, 0.25) is 0 Å². The molecule has 1 saturated heterocycles. The third-order valence-corrected chi connectivity index (χ3v) is 6.27. The highest BCUT2D eigenvalue weighted by molar-refractivity contribution is 7.18. The number of nitrogens with zero attached hydrogens (tertiary/aromatic N) is 3. The van der Waals surface area contributed by atoms with E-state index in [1.807, 2.05) is 49.6 Å². The molecule has 3 aliphatic heterocycles. The van der Waals surface area contributed by atoms with Gasteiger partial charge in [-0.25, -0.2) is 4.98 Å². The highest BCUT2D eigenvalue weighted by Gasteiger charge is 2.21. The average Bonchev–Trinajstić information content (AvgIpc) is 3.11. The van der Waals surface area contributed by atoms with Gasteiger partial charge in [-0.1, -0.05) is 18.2 Å². The van der Waals surface area contributed by atoms with Crippen molar-refractivity contribution in [2.45, 2.75) is 6.92 Å². The minimum absolute atomic E-state index is 0.0341. The number of allylic oxidation sites excluding steroid dienone is 6. The van der Waals surface area contributed by atoms with Crippen molar-refractivity contribution in [1.29, 1.82) is 0 Å². The van der Waals surface area contributed by atoms with Crippen LogP contribution in [0.5, 0.6) is 0 Å². The second-order valence-electron chi connectivity index (χ2n) is 7.30. The normalized spacial score (nSPS) is 21.3. The van der Waals surface area contributed by atoms with Gasteiger partial charge < -0.3 is 10.2 Å². The monoisotopic (exact) mass is 402 g/mol. The SMILES string of the molecule is Cc1nc2ccc(C3=CC(=O)N4C=C(N5CCNCC5)C=C/C4=C\C=C3)cc2s1. The third-order valence-electron chi connectivity index (χ3n) is 5.33. The Kier molecular flexibility index (Phi) is 4.66. The van der Waals surface area contributed by atoms with Gasteiger partial charge in [-0.3, -0.25) is 9.69 Å². The van der Waals surface area contributed by atoms with Gasteiger partial charge in [0, 0.05) is 44.2 Å². The van der Waals surface area contributed by atoms with Crippen LogP contribution in [-0.4, -0.2) is 46.9 Å². The molecule has 1 aromatic heterocycles. The zero-order valence-corrected chi connectivity index (χ0v) is 17.1. The van der Waals surface area contributed by atoms with E-state index in [1.165, 1.54) is 0 Å². The number of carbonyl (C=O) groups excluding carboxylic acids is 1. The standard InChI is InChI=1S/C23H22N4OS/c1-16-25-21-8-5-18(13-22(21)29-16)17-3-2-4-19-6-7-20(15-27(19)23(28)14-17)26-11-9-24-10-12-26/h2-8,13-15,24H,9-12H2,1H3/b3-2?,17-14?,19-4+. The summed E-state index contributed by atoms with van der Waals surface area (Å²) in [6.07, 6.45) is 13.8. The molecule has 0 atom stereocenters. The Morgan fingerprint density at radius 1 is 1.10 bits per heavy atom. The van der Waals surface area contributed by atoms with E-state index in [4.69, 9.17) is 0 Å². The summed E-state index contributed by atoms with van der Waals surface area (Å²) in [5.41, 5.74) is 4.91. The molecule has 0 unspecified atom stereocenters. The van der Waals surface area contributed by atoms with Gasteiger partial charge in [0.1, 0.15) is 0 Å². The number of fused-ring (bicyclic) bond motifs is 2. The van der Waals surface area contributed by atoms with Crippen molar-refractivity contribution in [1.82, 2.24) is 20.1 Å². The topological polar surface area (TPSA) is 48.5 Å². The molecule has 1 aromatic carbocycles. The summed E-state index contributed by atoms with van der Waals surface area (Å²) in [5.74, 6) is -0.0341. The van der Waals surface area contributed by atoms with Gasteiger partial charge in [-0.15, -0.1) is 11.3 Å². The Bertz CT molecular complexity index is 1130. The smallest absolute Gasteiger partial charge is 0.255 e. The molecular formula is C23H22N4OS. The highest BCUT2D eigenvalue weighted by atomic mass is 32.1. The van der Waals surface area contributed by atoms with E-state index in [-0.39, 0.29) is 5.91 Å². The highest BCUT2D eigenvalue weighted by Crippen LogP contribution is 2.28. The Morgan fingerprint density at radius 2 is 1.93 bits per heavy atom. The molecule has 0 bridgehead atoms. The molecule has 29 heavy (non-hydrogen) atoms. The van der Waals surface area contributed by atoms with Crippen molar-refractivity contribution < 1.29 is 4.79 Å². The van der Waals surface area contributed by atoms with Crippen molar-refractivity contribution in [2.75, 3.05) is 26.2 Å². The van der Waals surface area contributed by atoms with E-state index in [1.54, 1.807) is 22.3 Å². The number of benzene rings is 1. The fraction of sp³-hybridized carbons (Fsp3) is 0.217. The van der Waals surface area contributed by atoms with Crippen molar-refractivity contribution in [2.24, 2.45) is 0 Å². The lowest BCUT2D eigenvalue weighted by Gasteiger charge is -2.33. The lowest BCUT2D eigenvalue weighted by atomic mass is 10.0. The van der Waals surface area contributed by atoms with E-state index < -0.39 is 0 Å². The maximum atomic E-state index is 13.1. The third kappa shape index (κ3) is 3.57. The van der Waals surface area contributed by atoms with Crippen LogP contribution in [0.15, 0.2) is 72.2 Å². The Balaban J connectivity index is 1.48. The first kappa shape index (κ1) is 18.1. The van der Waals surface area contributed by atoms with Crippen LogP contribution in [-0.2, 0) is 4.79 Å². The number of aryl methyl sites for hydroxylation is 1. The largest absolute Gasteiger partial charge is 0.368 e. The van der Waals surface area contributed by atoms with Gasteiger partial charge >= 0.3 is 0 Å². The zero-order chi connectivity index (χ0) is 19.8. The number of amides is 1. The van der Waals surface area contributed by atoms with Crippen LogP contribution in [0.25, 0.3) is 15.8 Å². The number of hydrogen-bond acceptors (Lipinski definition) is 5. The fourth-order valence-electron chi connectivity index (χ4n) is 3.84. The number of thiazole rings is 1. The molecule has 5 nitrogen and oxygen atoms in total. The van der Waals surface area contributed by atoms with Crippen LogP contribution >= 0.6 is 11.3 Å². The van der Waals surface area contributed by atoms with Gasteiger partial charge in [0.05, 0.1) is 20.9 Å². The average molecular weight is 403 g/mol. The summed E-state index contributed by atoms with van der Waals surface area (Å²) in [7, 11) is 0. The lowest BCUT2D eigenvalue weighted by Crippen LogP contribution is -2.43. The van der Waals surface area contributed by atoms with Crippen molar-refractivity contribution in [3.05, 3.63) is 82.8 Å².